The Hall–Kier alpha value is -0.890. The lowest BCUT2D eigenvalue weighted by atomic mass is 9.58. The summed E-state index contributed by atoms with van der Waals surface area (Å²) >= 11 is 0. The number of ketones is 1. The number of hydrogen-bond acceptors (Lipinski definition) is 4. The van der Waals surface area contributed by atoms with E-state index in [4.69, 9.17) is 20.6 Å². The van der Waals surface area contributed by atoms with E-state index in [0.717, 1.165) is 82.3 Å². The van der Waals surface area contributed by atoms with Gasteiger partial charge in [0, 0.05) is 38.1 Å². The van der Waals surface area contributed by atoms with E-state index in [9.17, 15) is 4.79 Å². The maximum atomic E-state index is 13.2. The lowest BCUT2D eigenvalue weighted by Crippen LogP contribution is -2.41. The number of rotatable bonds is 11. The third kappa shape index (κ3) is 8.92. The molecular formula is C40H66O4. The fraction of sp³-hybridized carbons (Fsp3) is 0.925. The molecule has 0 heterocycles. The van der Waals surface area contributed by atoms with Crippen LogP contribution in [0, 0.1) is 65.1 Å². The third-order valence-electron chi connectivity index (χ3n) is 13.8. The van der Waals surface area contributed by atoms with Crippen molar-refractivity contribution in [2.45, 2.75) is 161 Å². The van der Waals surface area contributed by atoms with Gasteiger partial charge >= 0.3 is 0 Å². The first kappa shape index (κ1) is 34.4. The van der Waals surface area contributed by atoms with Crippen LogP contribution in [-0.4, -0.2) is 44.4 Å². The second kappa shape index (κ2) is 16.3. The lowest BCUT2D eigenvalue weighted by molar-refractivity contribution is -0.131. The van der Waals surface area contributed by atoms with Gasteiger partial charge in [0.25, 0.3) is 0 Å². The predicted molar refractivity (Wildman–Crippen MR) is 179 cm³/mol. The topological polar surface area (TPSA) is 44.8 Å². The molecule has 0 radical (unpaired) electrons. The second-order valence-corrected chi connectivity index (χ2v) is 16.7. The van der Waals surface area contributed by atoms with E-state index in [1.807, 2.05) is 0 Å². The molecule has 3 atom stereocenters. The van der Waals surface area contributed by atoms with Gasteiger partial charge in [0.05, 0.1) is 18.3 Å². The highest BCUT2D eigenvalue weighted by atomic mass is 16.5. The summed E-state index contributed by atoms with van der Waals surface area (Å²) in [6.07, 6.45) is 29.2. The zero-order chi connectivity index (χ0) is 31.1. The van der Waals surface area contributed by atoms with E-state index < -0.39 is 0 Å². The molecule has 5 fully saturated rings. The number of Topliss-reactive ketones (excluding diaryl/α,β-unsaturated/α-hetero) is 1. The number of carbonyl (C=O) groups excluding carboxylic acids is 1. The molecule has 3 unspecified atom stereocenters. The summed E-state index contributed by atoms with van der Waals surface area (Å²) in [6, 6.07) is 0. The predicted octanol–water partition coefficient (Wildman–Crippen LogP) is 9.43. The largest absolute Gasteiger partial charge is 0.381 e. The summed E-state index contributed by atoms with van der Waals surface area (Å²) in [7, 11) is 1.81. The van der Waals surface area contributed by atoms with E-state index in [0.29, 0.717) is 47.3 Å². The molecule has 0 aliphatic heterocycles. The number of methoxy groups -OCH3 is 1. The van der Waals surface area contributed by atoms with E-state index >= 15 is 0 Å². The van der Waals surface area contributed by atoms with Crippen molar-refractivity contribution in [3.63, 3.8) is 0 Å². The molecule has 4 nitrogen and oxygen atoms in total. The Balaban J connectivity index is 0.997. The van der Waals surface area contributed by atoms with Crippen molar-refractivity contribution in [1.29, 1.82) is 0 Å². The van der Waals surface area contributed by atoms with Gasteiger partial charge < -0.3 is 14.2 Å². The van der Waals surface area contributed by atoms with Gasteiger partial charge in [-0.25, -0.2) is 0 Å². The number of hydrogen-bond donors (Lipinski definition) is 0. The van der Waals surface area contributed by atoms with E-state index in [1.54, 1.807) is 7.11 Å². The van der Waals surface area contributed by atoms with Crippen LogP contribution in [0.25, 0.3) is 0 Å². The Morgan fingerprint density at radius 3 is 1.82 bits per heavy atom. The van der Waals surface area contributed by atoms with Gasteiger partial charge in [0.15, 0.2) is 0 Å². The van der Waals surface area contributed by atoms with Crippen LogP contribution in [-0.2, 0) is 19.0 Å². The van der Waals surface area contributed by atoms with Crippen LogP contribution in [0.15, 0.2) is 0 Å². The summed E-state index contributed by atoms with van der Waals surface area (Å²) in [6.45, 7) is 9.52. The average molecular weight is 611 g/mol. The van der Waals surface area contributed by atoms with Crippen molar-refractivity contribution < 1.29 is 19.0 Å². The van der Waals surface area contributed by atoms with Crippen molar-refractivity contribution in [1.82, 2.24) is 0 Å². The molecule has 5 aliphatic carbocycles. The first-order chi connectivity index (χ1) is 21.3. The molecule has 0 N–H and O–H groups in total. The van der Waals surface area contributed by atoms with Crippen LogP contribution < -0.4 is 0 Å². The van der Waals surface area contributed by atoms with Gasteiger partial charge in [-0.05, 0) is 151 Å². The normalized spacial score (nSPS) is 40.7. The SMILES string of the molecule is C#CC1CCC(COCC2CC(C(C)(C)C3CCC(OC4CCC(C(=O)C5CCC(OC)CC5)CC4)CC3)CCC2C)CC1. The van der Waals surface area contributed by atoms with Gasteiger partial charge in [0.1, 0.15) is 5.78 Å². The highest BCUT2D eigenvalue weighted by Gasteiger charge is 2.43. The number of carbonyl (C=O) groups is 1. The Morgan fingerprint density at radius 1 is 0.705 bits per heavy atom. The quantitative estimate of drug-likeness (QED) is 0.219. The molecule has 0 aromatic carbocycles. The van der Waals surface area contributed by atoms with Crippen molar-refractivity contribution in [3.05, 3.63) is 0 Å². The van der Waals surface area contributed by atoms with Crippen molar-refractivity contribution >= 4 is 5.78 Å². The molecule has 4 heteroatoms. The van der Waals surface area contributed by atoms with Crippen molar-refractivity contribution in [2.75, 3.05) is 20.3 Å². The van der Waals surface area contributed by atoms with Gasteiger partial charge in [-0.3, -0.25) is 4.79 Å². The fourth-order valence-electron chi connectivity index (χ4n) is 10.2. The zero-order valence-electron chi connectivity index (χ0n) is 28.9. The molecule has 250 valence electrons. The number of terminal acetylenes is 1. The molecule has 0 bridgehead atoms. The molecule has 0 amide bonds. The van der Waals surface area contributed by atoms with Crippen molar-refractivity contribution in [3.8, 4) is 12.3 Å². The third-order valence-corrected chi connectivity index (χ3v) is 13.8. The van der Waals surface area contributed by atoms with Gasteiger partial charge in [-0.15, -0.1) is 12.3 Å². The fourth-order valence-corrected chi connectivity index (χ4v) is 10.2. The standard InChI is InChI=1S/C40H66O4/c1-6-29-8-10-30(11-9-29)26-43-27-33-25-35(16-7-28(33)2)40(3,4)34-17-23-38(24-18-34)44-37-21-14-32(15-22-37)39(41)31-12-19-36(42-5)20-13-31/h1,28-38H,7-27H2,2-5H3. The molecule has 0 spiro atoms. The minimum atomic E-state index is 0.275. The van der Waals surface area contributed by atoms with Crippen LogP contribution in [0.5, 0.6) is 0 Å². The summed E-state index contributed by atoms with van der Waals surface area (Å²) in [5.74, 6) is 8.37. The van der Waals surface area contributed by atoms with Crippen LogP contribution in [0.3, 0.4) is 0 Å². The Morgan fingerprint density at radius 2 is 1.25 bits per heavy atom. The maximum absolute atomic E-state index is 13.2. The van der Waals surface area contributed by atoms with Gasteiger partial charge in [0.2, 0.25) is 0 Å². The average Bonchev–Trinajstić information content (AvgIpc) is 3.06. The lowest BCUT2D eigenvalue weighted by Gasteiger charge is -2.48. The van der Waals surface area contributed by atoms with Gasteiger partial charge in [-0.2, -0.15) is 0 Å². The summed E-state index contributed by atoms with van der Waals surface area (Å²) in [5, 5.41) is 0. The summed E-state index contributed by atoms with van der Waals surface area (Å²) in [4.78, 5) is 13.2. The van der Waals surface area contributed by atoms with Crippen LogP contribution in [0.2, 0.25) is 0 Å². The number of ether oxygens (including phenoxy) is 3. The second-order valence-electron chi connectivity index (χ2n) is 16.7. The highest BCUT2D eigenvalue weighted by molar-refractivity contribution is 5.83. The monoisotopic (exact) mass is 610 g/mol. The molecule has 5 aliphatic rings. The molecule has 5 saturated carbocycles. The smallest absolute Gasteiger partial charge is 0.139 e. The molecule has 5 rings (SSSR count). The summed E-state index contributed by atoms with van der Waals surface area (Å²) in [5.41, 5.74) is 0.387. The van der Waals surface area contributed by atoms with Crippen LogP contribution >= 0.6 is 0 Å². The minimum Gasteiger partial charge on any atom is -0.381 e. The van der Waals surface area contributed by atoms with Gasteiger partial charge in [-0.1, -0.05) is 27.2 Å². The van der Waals surface area contributed by atoms with E-state index in [2.05, 4.69) is 26.7 Å². The molecular weight excluding hydrogens is 544 g/mol. The Kier molecular flexibility index (Phi) is 12.7. The maximum Gasteiger partial charge on any atom is 0.139 e. The molecule has 0 saturated heterocycles. The Labute approximate surface area is 270 Å². The molecule has 44 heavy (non-hydrogen) atoms. The zero-order valence-corrected chi connectivity index (χ0v) is 28.9. The first-order valence-corrected chi connectivity index (χ1v) is 19.0. The first-order valence-electron chi connectivity index (χ1n) is 19.0. The summed E-state index contributed by atoms with van der Waals surface area (Å²) < 4.78 is 18.6. The van der Waals surface area contributed by atoms with Crippen LogP contribution in [0.4, 0.5) is 0 Å². The minimum absolute atomic E-state index is 0.275. The van der Waals surface area contributed by atoms with Crippen molar-refractivity contribution in [2.24, 2.45) is 52.8 Å². The van der Waals surface area contributed by atoms with E-state index in [1.165, 1.54) is 70.6 Å². The van der Waals surface area contributed by atoms with E-state index in [-0.39, 0.29) is 11.8 Å². The highest BCUT2D eigenvalue weighted by Crippen LogP contribution is 2.51. The molecule has 0 aromatic rings. The Bertz CT molecular complexity index is 904. The molecule has 0 aromatic heterocycles. The van der Waals surface area contributed by atoms with Crippen LogP contribution in [0.1, 0.15) is 143 Å².